The quantitative estimate of drug-likeness (QED) is 0.658. The van der Waals surface area contributed by atoms with Gasteiger partial charge >= 0.3 is 5.97 Å². The normalized spacial score (nSPS) is 20.9. The van der Waals surface area contributed by atoms with E-state index in [-0.39, 0.29) is 18.1 Å². The van der Waals surface area contributed by atoms with Crippen LogP contribution in [0.2, 0.25) is 0 Å². The number of hydrogen-bond acceptors (Lipinski definition) is 3. The topological polar surface area (TPSA) is 54.1 Å². The molecule has 2 atom stereocenters. The molecule has 1 aromatic carbocycles. The Kier molecular flexibility index (Phi) is 3.55. The number of carbonyl (C=O) groups is 1. The molecule has 0 unspecified atom stereocenters. The lowest BCUT2D eigenvalue weighted by Gasteiger charge is -2.20. The highest BCUT2D eigenvalue weighted by Crippen LogP contribution is 2.32. The van der Waals surface area contributed by atoms with Crippen molar-refractivity contribution < 1.29 is 9.53 Å². The second-order valence-electron chi connectivity index (χ2n) is 5.75. The molecule has 110 valence electrons. The average Bonchev–Trinajstić information content (AvgIpc) is 2.80. The van der Waals surface area contributed by atoms with Crippen molar-refractivity contribution in [3.8, 4) is 0 Å². The van der Waals surface area contributed by atoms with E-state index in [0.717, 1.165) is 11.1 Å². The van der Waals surface area contributed by atoms with Gasteiger partial charge in [0.25, 0.3) is 0 Å². The molecule has 4 heteroatoms. The first kappa shape index (κ1) is 13.9. The van der Waals surface area contributed by atoms with E-state index < -0.39 is 0 Å². The highest BCUT2D eigenvalue weighted by atomic mass is 16.5. The molecule has 1 aromatic heterocycles. The fourth-order valence-electron chi connectivity index (χ4n) is 3.06. The van der Waals surface area contributed by atoms with Crippen LogP contribution in [0.5, 0.6) is 0 Å². The van der Waals surface area contributed by atoms with E-state index in [1.807, 2.05) is 12.3 Å². The number of allylic oxidation sites excluding steroid dienone is 1. The molecule has 21 heavy (non-hydrogen) atoms. The van der Waals surface area contributed by atoms with E-state index in [1.54, 1.807) is 0 Å². The standard InChI is InChI=1S/C17H20N2O2/c1-10(2)7-14-12-5-4-6-13-16(12)11(9-18-13)8-15(19-14)17(20)21-3/h4-7,9,14-15,18-19H,8H2,1-3H3/t14-,15-/m0/s1. The van der Waals surface area contributed by atoms with Crippen LogP contribution in [0.1, 0.15) is 31.0 Å². The molecule has 0 aliphatic carbocycles. The van der Waals surface area contributed by atoms with E-state index >= 15 is 0 Å². The van der Waals surface area contributed by atoms with E-state index in [0.29, 0.717) is 6.42 Å². The lowest BCUT2D eigenvalue weighted by Crippen LogP contribution is -2.40. The molecule has 0 fully saturated rings. The lowest BCUT2D eigenvalue weighted by atomic mass is 9.99. The minimum Gasteiger partial charge on any atom is -0.468 e. The van der Waals surface area contributed by atoms with Crippen LogP contribution in [0.25, 0.3) is 10.9 Å². The van der Waals surface area contributed by atoms with Gasteiger partial charge in [0.2, 0.25) is 0 Å². The van der Waals surface area contributed by atoms with Gasteiger partial charge in [-0.3, -0.25) is 10.1 Å². The molecule has 2 N–H and O–H groups in total. The Morgan fingerprint density at radius 1 is 1.38 bits per heavy atom. The summed E-state index contributed by atoms with van der Waals surface area (Å²) in [6.07, 6.45) is 4.79. The monoisotopic (exact) mass is 284 g/mol. The van der Waals surface area contributed by atoms with Gasteiger partial charge in [0, 0.05) is 23.5 Å². The van der Waals surface area contributed by atoms with Gasteiger partial charge in [0.1, 0.15) is 6.04 Å². The first-order valence-corrected chi connectivity index (χ1v) is 7.18. The number of carbonyl (C=O) groups excluding carboxylic acids is 1. The summed E-state index contributed by atoms with van der Waals surface area (Å²) in [6.45, 7) is 4.13. The summed E-state index contributed by atoms with van der Waals surface area (Å²) < 4.78 is 4.94. The van der Waals surface area contributed by atoms with E-state index in [4.69, 9.17) is 4.74 Å². The molecule has 0 amide bonds. The number of esters is 1. The number of methoxy groups -OCH3 is 1. The van der Waals surface area contributed by atoms with Gasteiger partial charge in [-0.25, -0.2) is 0 Å². The van der Waals surface area contributed by atoms with Gasteiger partial charge in [-0.1, -0.05) is 23.8 Å². The van der Waals surface area contributed by atoms with E-state index in [2.05, 4.69) is 42.4 Å². The van der Waals surface area contributed by atoms with Crippen molar-refractivity contribution in [2.45, 2.75) is 32.4 Å². The van der Waals surface area contributed by atoms with E-state index in [1.165, 1.54) is 23.6 Å². The predicted molar refractivity (Wildman–Crippen MR) is 83.1 cm³/mol. The summed E-state index contributed by atoms with van der Waals surface area (Å²) in [4.78, 5) is 15.3. The Balaban J connectivity index is 2.16. The Morgan fingerprint density at radius 2 is 2.19 bits per heavy atom. The maximum Gasteiger partial charge on any atom is 0.323 e. The molecule has 0 radical (unpaired) electrons. The summed E-state index contributed by atoms with van der Waals surface area (Å²) in [7, 11) is 1.44. The van der Waals surface area contributed by atoms with Crippen LogP contribution in [0.15, 0.2) is 36.0 Å². The zero-order valence-corrected chi connectivity index (χ0v) is 12.6. The molecule has 2 heterocycles. The number of nitrogens with one attached hydrogen (secondary N) is 2. The summed E-state index contributed by atoms with van der Waals surface area (Å²) >= 11 is 0. The molecule has 4 nitrogen and oxygen atoms in total. The SMILES string of the molecule is COC(=O)[C@@H]1Cc2c[nH]c3cccc(c23)[C@H](C=C(C)C)N1. The first-order valence-electron chi connectivity index (χ1n) is 7.18. The smallest absolute Gasteiger partial charge is 0.323 e. The molecular formula is C17H20N2O2. The van der Waals surface area contributed by atoms with Crippen LogP contribution in [0, 0.1) is 0 Å². The molecule has 0 spiro atoms. The highest BCUT2D eigenvalue weighted by molar-refractivity contribution is 5.89. The van der Waals surface area contributed by atoms with Crippen molar-refractivity contribution >= 4 is 16.9 Å². The molecule has 0 saturated carbocycles. The zero-order chi connectivity index (χ0) is 15.0. The third kappa shape index (κ3) is 2.47. The number of hydrogen-bond donors (Lipinski definition) is 2. The first-order chi connectivity index (χ1) is 10.1. The molecule has 0 bridgehead atoms. The van der Waals surface area contributed by atoms with Gasteiger partial charge in [-0.15, -0.1) is 0 Å². The second-order valence-corrected chi connectivity index (χ2v) is 5.75. The van der Waals surface area contributed by atoms with Gasteiger partial charge in [0.15, 0.2) is 0 Å². The fourth-order valence-corrected chi connectivity index (χ4v) is 3.06. The van der Waals surface area contributed by atoms with Crippen LogP contribution in [0.4, 0.5) is 0 Å². The molecular weight excluding hydrogens is 264 g/mol. The Labute approximate surface area is 124 Å². The minimum absolute atomic E-state index is 0.0137. The molecule has 0 saturated heterocycles. The van der Waals surface area contributed by atoms with Crippen LogP contribution in [-0.2, 0) is 16.0 Å². The van der Waals surface area contributed by atoms with Gasteiger partial charge in [-0.2, -0.15) is 0 Å². The van der Waals surface area contributed by atoms with Crippen molar-refractivity contribution in [3.05, 3.63) is 47.2 Å². The van der Waals surface area contributed by atoms with Crippen LogP contribution in [-0.4, -0.2) is 24.1 Å². The summed E-state index contributed by atoms with van der Waals surface area (Å²) in [5, 5.41) is 4.65. The second kappa shape index (κ2) is 5.37. The number of aromatic nitrogens is 1. The Bertz CT molecular complexity index is 711. The van der Waals surface area contributed by atoms with Gasteiger partial charge < -0.3 is 9.72 Å². The number of rotatable bonds is 2. The zero-order valence-electron chi connectivity index (χ0n) is 12.6. The largest absolute Gasteiger partial charge is 0.468 e. The Hall–Kier alpha value is -2.07. The average molecular weight is 284 g/mol. The molecule has 1 aliphatic heterocycles. The predicted octanol–water partition coefficient (Wildman–Crippen LogP) is 2.86. The maximum atomic E-state index is 12.0. The fraction of sp³-hybridized carbons (Fsp3) is 0.353. The van der Waals surface area contributed by atoms with Crippen LogP contribution in [0.3, 0.4) is 0 Å². The third-order valence-corrected chi connectivity index (χ3v) is 3.95. The van der Waals surface area contributed by atoms with Gasteiger partial charge in [-0.05, 0) is 31.0 Å². The van der Waals surface area contributed by atoms with E-state index in [9.17, 15) is 4.79 Å². The number of benzene rings is 1. The summed E-state index contributed by atoms with van der Waals surface area (Å²) in [6, 6.07) is 5.92. The highest BCUT2D eigenvalue weighted by Gasteiger charge is 2.29. The van der Waals surface area contributed by atoms with Crippen LogP contribution >= 0.6 is 0 Å². The molecule has 2 aromatic rings. The third-order valence-electron chi connectivity index (χ3n) is 3.95. The number of ether oxygens (including phenoxy) is 1. The lowest BCUT2D eigenvalue weighted by molar-refractivity contribution is -0.143. The minimum atomic E-state index is -0.331. The van der Waals surface area contributed by atoms with Gasteiger partial charge in [0.05, 0.1) is 13.2 Å². The summed E-state index contributed by atoms with van der Waals surface area (Å²) in [5.74, 6) is -0.218. The van der Waals surface area contributed by atoms with Crippen LogP contribution < -0.4 is 5.32 Å². The molecule has 3 rings (SSSR count). The van der Waals surface area contributed by atoms with Crippen molar-refractivity contribution in [1.82, 2.24) is 10.3 Å². The Morgan fingerprint density at radius 3 is 2.90 bits per heavy atom. The van der Waals surface area contributed by atoms with Crippen molar-refractivity contribution in [2.75, 3.05) is 7.11 Å². The number of H-pyrrole nitrogens is 1. The summed E-state index contributed by atoms with van der Waals surface area (Å²) in [5.41, 5.74) is 4.69. The van der Waals surface area contributed by atoms with Crippen molar-refractivity contribution in [2.24, 2.45) is 0 Å². The van der Waals surface area contributed by atoms with Crippen molar-refractivity contribution in [1.29, 1.82) is 0 Å². The molecule has 1 aliphatic rings. The number of aromatic amines is 1. The van der Waals surface area contributed by atoms with Crippen molar-refractivity contribution in [3.63, 3.8) is 0 Å². The maximum absolute atomic E-state index is 12.0.